The number of alkyl halides is 4. The zero-order valence-corrected chi connectivity index (χ0v) is 26.0. The summed E-state index contributed by atoms with van der Waals surface area (Å²) in [6, 6.07) is 9.78. The second-order valence-electron chi connectivity index (χ2n) is 12.5. The second-order valence-corrected chi connectivity index (χ2v) is 13.1. The summed E-state index contributed by atoms with van der Waals surface area (Å²) >= 11 is 7.45. The Morgan fingerprint density at radius 3 is 2.52 bits per heavy atom. The van der Waals surface area contributed by atoms with Crippen molar-refractivity contribution in [3.63, 3.8) is 0 Å². The van der Waals surface area contributed by atoms with E-state index >= 15 is 0 Å². The molecule has 3 fully saturated rings. The Bertz CT molecular complexity index is 1390. The molecule has 238 valence electrons. The molecule has 7 nitrogen and oxygen atoms in total. The standard InChI is InChI=1S/C33H41ClF3N5O2/c1-2-44-31(43)27-21-38-42(29(27)30(35)36)25-10-6-15-40(22-25)28-20-33(34,14-11-26(28)24-8-4-3-5-9-24)41-18-16-39(17-19-41)23-32(37)12-7-13-32/h3-5,8-9,11,14,21,25,30H,2,6-7,10,12-13,15-20,22-23H2,1H3. The number of halogens is 4. The number of hydrogen-bond donors (Lipinski definition) is 0. The normalized spacial score (nSPS) is 26.2. The number of rotatable bonds is 9. The summed E-state index contributed by atoms with van der Waals surface area (Å²) in [6.45, 7) is 6.46. The average Bonchev–Trinajstić information content (AvgIpc) is 3.47. The number of esters is 1. The highest BCUT2D eigenvalue weighted by Crippen LogP contribution is 2.43. The Kier molecular flexibility index (Phi) is 9.13. The van der Waals surface area contributed by atoms with E-state index in [2.05, 4.69) is 44.1 Å². The summed E-state index contributed by atoms with van der Waals surface area (Å²) in [6.07, 6.45) is 6.78. The van der Waals surface area contributed by atoms with Crippen LogP contribution in [0.4, 0.5) is 13.2 Å². The van der Waals surface area contributed by atoms with Gasteiger partial charge in [0.2, 0.25) is 0 Å². The van der Waals surface area contributed by atoms with Crippen LogP contribution in [0, 0.1) is 0 Å². The summed E-state index contributed by atoms with van der Waals surface area (Å²) in [5.74, 6) is -0.783. The van der Waals surface area contributed by atoms with Crippen molar-refractivity contribution in [1.82, 2.24) is 24.5 Å². The third-order valence-electron chi connectivity index (χ3n) is 9.63. The predicted octanol–water partition coefficient (Wildman–Crippen LogP) is 6.45. The molecule has 2 atom stereocenters. The minimum Gasteiger partial charge on any atom is -0.462 e. The van der Waals surface area contributed by atoms with Crippen LogP contribution in [0.2, 0.25) is 0 Å². The summed E-state index contributed by atoms with van der Waals surface area (Å²) in [7, 11) is 0. The highest BCUT2D eigenvalue weighted by molar-refractivity contribution is 6.25. The number of carbonyl (C=O) groups is 1. The molecule has 1 aromatic carbocycles. The Morgan fingerprint density at radius 1 is 1.11 bits per heavy atom. The Morgan fingerprint density at radius 2 is 1.86 bits per heavy atom. The zero-order valence-electron chi connectivity index (χ0n) is 25.2. The van der Waals surface area contributed by atoms with Gasteiger partial charge >= 0.3 is 5.97 Å². The maximum atomic E-state index is 14.8. The monoisotopic (exact) mass is 631 g/mol. The smallest absolute Gasteiger partial charge is 0.341 e. The van der Waals surface area contributed by atoms with Crippen LogP contribution in [-0.2, 0) is 4.74 Å². The van der Waals surface area contributed by atoms with Crippen molar-refractivity contribution in [3.05, 3.63) is 71.2 Å². The maximum Gasteiger partial charge on any atom is 0.341 e. The van der Waals surface area contributed by atoms with E-state index in [4.69, 9.17) is 16.3 Å². The number of aromatic nitrogens is 2. The van der Waals surface area contributed by atoms with Crippen LogP contribution in [0.5, 0.6) is 0 Å². The van der Waals surface area contributed by atoms with Crippen molar-refractivity contribution in [1.29, 1.82) is 0 Å². The molecule has 2 aliphatic carbocycles. The third-order valence-corrected chi connectivity index (χ3v) is 10.1. The highest BCUT2D eigenvalue weighted by Gasteiger charge is 2.43. The van der Waals surface area contributed by atoms with E-state index < -0.39 is 28.8 Å². The fourth-order valence-corrected chi connectivity index (χ4v) is 7.48. The molecule has 0 spiro atoms. The van der Waals surface area contributed by atoms with Crippen LogP contribution in [-0.4, -0.2) is 93.5 Å². The van der Waals surface area contributed by atoms with Crippen LogP contribution < -0.4 is 0 Å². The van der Waals surface area contributed by atoms with Crippen LogP contribution in [0.3, 0.4) is 0 Å². The largest absolute Gasteiger partial charge is 0.462 e. The number of ether oxygens (including phenoxy) is 1. The van der Waals surface area contributed by atoms with Crippen molar-refractivity contribution in [2.24, 2.45) is 0 Å². The van der Waals surface area contributed by atoms with Gasteiger partial charge in [0.15, 0.2) is 0 Å². The lowest BCUT2D eigenvalue weighted by atomic mass is 9.81. The van der Waals surface area contributed by atoms with Crippen LogP contribution in [0.15, 0.2) is 54.4 Å². The van der Waals surface area contributed by atoms with Gasteiger partial charge in [-0.15, -0.1) is 0 Å². The Labute approximate surface area is 262 Å². The molecule has 2 saturated heterocycles. The molecule has 2 unspecified atom stereocenters. The first kappa shape index (κ1) is 31.2. The summed E-state index contributed by atoms with van der Waals surface area (Å²) in [5.41, 5.74) is 1.58. The first-order chi connectivity index (χ1) is 21.2. The highest BCUT2D eigenvalue weighted by atomic mass is 35.5. The topological polar surface area (TPSA) is 53.8 Å². The lowest BCUT2D eigenvalue weighted by molar-refractivity contribution is -0.00195. The van der Waals surface area contributed by atoms with Crippen molar-refractivity contribution < 1.29 is 22.7 Å². The first-order valence-electron chi connectivity index (χ1n) is 15.8. The van der Waals surface area contributed by atoms with Crippen LogP contribution in [0.1, 0.15) is 79.5 Å². The molecule has 1 saturated carbocycles. The van der Waals surface area contributed by atoms with Crippen LogP contribution >= 0.6 is 11.6 Å². The molecule has 0 N–H and O–H groups in total. The number of piperazine rings is 1. The number of hydrogen-bond acceptors (Lipinski definition) is 6. The predicted molar refractivity (Wildman–Crippen MR) is 164 cm³/mol. The molecule has 11 heteroatoms. The molecule has 0 radical (unpaired) electrons. The van der Waals surface area contributed by atoms with Gasteiger partial charge in [-0.05, 0) is 50.7 Å². The minimum absolute atomic E-state index is 0.0969. The molecule has 44 heavy (non-hydrogen) atoms. The van der Waals surface area contributed by atoms with E-state index in [0.29, 0.717) is 38.8 Å². The van der Waals surface area contributed by atoms with Crippen molar-refractivity contribution in [2.45, 2.75) is 68.6 Å². The van der Waals surface area contributed by atoms with Gasteiger partial charge in [0, 0.05) is 63.5 Å². The number of likely N-dealkylation sites (tertiary alicyclic amines) is 1. The molecule has 4 aliphatic rings. The molecule has 0 bridgehead atoms. The maximum absolute atomic E-state index is 14.8. The van der Waals surface area contributed by atoms with Gasteiger partial charge in [-0.25, -0.2) is 18.0 Å². The van der Waals surface area contributed by atoms with Gasteiger partial charge in [0.25, 0.3) is 6.43 Å². The van der Waals surface area contributed by atoms with E-state index in [0.717, 1.165) is 62.4 Å². The SMILES string of the molecule is CCOC(=O)c1cnn(C2CCCN(C3=C(c4ccccc4)C=CC(Cl)(N4CCN(CC5(F)CCC5)CC4)C3)C2)c1C(F)F. The Hall–Kier alpha value is -2.82. The molecule has 3 heterocycles. The summed E-state index contributed by atoms with van der Waals surface area (Å²) in [5, 5.41) is 4.28. The number of piperidine rings is 1. The minimum atomic E-state index is -2.87. The average molecular weight is 632 g/mol. The number of carbonyl (C=O) groups excluding carboxylic acids is 1. The second kappa shape index (κ2) is 12.9. The van der Waals surface area contributed by atoms with Gasteiger partial charge in [0.05, 0.1) is 18.8 Å². The van der Waals surface area contributed by atoms with Crippen LogP contribution in [0.25, 0.3) is 5.57 Å². The molecule has 2 aromatic rings. The molecule has 1 aromatic heterocycles. The van der Waals surface area contributed by atoms with E-state index in [1.807, 2.05) is 18.2 Å². The van der Waals surface area contributed by atoms with Gasteiger partial charge in [-0.1, -0.05) is 48.0 Å². The van der Waals surface area contributed by atoms with Gasteiger partial charge < -0.3 is 9.64 Å². The third kappa shape index (κ3) is 6.30. The van der Waals surface area contributed by atoms with Crippen molar-refractivity contribution in [3.8, 4) is 0 Å². The first-order valence-corrected chi connectivity index (χ1v) is 16.2. The van der Waals surface area contributed by atoms with E-state index in [9.17, 15) is 18.0 Å². The zero-order chi connectivity index (χ0) is 30.9. The van der Waals surface area contributed by atoms with Crippen molar-refractivity contribution >= 4 is 23.1 Å². The van der Waals surface area contributed by atoms with Gasteiger partial charge in [0.1, 0.15) is 21.9 Å². The quantitative estimate of drug-likeness (QED) is 0.180. The summed E-state index contributed by atoms with van der Waals surface area (Å²) in [4.78, 5) is 18.4. The number of nitrogens with zero attached hydrogens (tertiary/aromatic N) is 5. The number of allylic oxidation sites excluding steroid dienone is 2. The molecular weight excluding hydrogens is 591 g/mol. The number of benzene rings is 1. The van der Waals surface area contributed by atoms with E-state index in [1.54, 1.807) is 6.92 Å². The lowest BCUT2D eigenvalue weighted by Crippen LogP contribution is -2.57. The molecular formula is C33H41ClF3N5O2. The fourth-order valence-electron chi connectivity index (χ4n) is 7.12. The van der Waals surface area contributed by atoms with Gasteiger partial charge in [-0.3, -0.25) is 14.5 Å². The fraction of sp³-hybridized carbons (Fsp3) is 0.576. The molecule has 6 rings (SSSR count). The molecule has 0 amide bonds. The van der Waals surface area contributed by atoms with Crippen molar-refractivity contribution in [2.75, 3.05) is 52.4 Å². The van der Waals surface area contributed by atoms with Gasteiger partial charge in [-0.2, -0.15) is 5.10 Å². The Balaban J connectivity index is 1.24. The summed E-state index contributed by atoms with van der Waals surface area (Å²) < 4.78 is 49.8. The van der Waals surface area contributed by atoms with E-state index in [-0.39, 0.29) is 18.2 Å². The lowest BCUT2D eigenvalue weighted by Gasteiger charge is -2.48. The van der Waals surface area contributed by atoms with E-state index in [1.165, 1.54) is 10.9 Å². The molecule has 2 aliphatic heterocycles.